The molecule has 1 saturated carbocycles. The number of piperidine rings is 2. The van der Waals surface area contributed by atoms with Gasteiger partial charge in [0.1, 0.15) is 0 Å². The summed E-state index contributed by atoms with van der Waals surface area (Å²) >= 11 is 6.65. The van der Waals surface area contributed by atoms with Crippen LogP contribution in [0, 0.1) is 24.7 Å². The largest absolute Gasteiger partial charge is 0.479 e. The van der Waals surface area contributed by atoms with Gasteiger partial charge in [-0.3, -0.25) is 14.8 Å². The minimum absolute atomic E-state index is 0.239. The van der Waals surface area contributed by atoms with Gasteiger partial charge in [-0.25, -0.2) is 4.79 Å². The monoisotopic (exact) mass is 726 g/mol. The van der Waals surface area contributed by atoms with Crippen molar-refractivity contribution in [3.8, 4) is 11.1 Å². The Hall–Kier alpha value is -2.97. The number of rotatable bonds is 9. The third-order valence-corrected chi connectivity index (χ3v) is 12.8. The van der Waals surface area contributed by atoms with Crippen molar-refractivity contribution in [1.29, 1.82) is 0 Å². The van der Waals surface area contributed by atoms with Crippen LogP contribution in [0.15, 0.2) is 36.4 Å². The molecule has 1 atom stereocenters. The summed E-state index contributed by atoms with van der Waals surface area (Å²) in [5, 5.41) is 11.6. The number of ether oxygens (including phenoxy) is 1. The van der Waals surface area contributed by atoms with E-state index in [1.165, 1.54) is 47.9 Å². The van der Waals surface area contributed by atoms with Crippen molar-refractivity contribution in [3.63, 3.8) is 0 Å². The second-order valence-corrected chi connectivity index (χ2v) is 18.5. The molecule has 8 heteroatoms. The summed E-state index contributed by atoms with van der Waals surface area (Å²) in [5.74, 6) is -0.970. The molecule has 4 aliphatic rings. The maximum atomic E-state index is 13.2. The third-order valence-electron chi connectivity index (χ3n) is 12.4. The first-order chi connectivity index (χ1) is 24.6. The highest BCUT2D eigenvalue weighted by Crippen LogP contribution is 2.54. The summed E-state index contributed by atoms with van der Waals surface area (Å²) in [6, 6.07) is 13.1. The summed E-state index contributed by atoms with van der Waals surface area (Å²) in [6.45, 7) is 22.0. The van der Waals surface area contributed by atoms with Crippen molar-refractivity contribution in [2.45, 2.75) is 125 Å². The van der Waals surface area contributed by atoms with Crippen LogP contribution in [0.3, 0.4) is 0 Å². The number of benzene rings is 2. The fourth-order valence-electron chi connectivity index (χ4n) is 8.81. The second-order valence-electron chi connectivity index (χ2n) is 18.1. The number of carbonyl (C=O) groups is 1. The average Bonchev–Trinajstić information content (AvgIpc) is 3.84. The maximum Gasteiger partial charge on any atom is 0.337 e. The number of pyridine rings is 1. The molecule has 4 heterocycles. The lowest BCUT2D eigenvalue weighted by Gasteiger charge is -2.41. The molecule has 0 amide bonds. The maximum absolute atomic E-state index is 13.2. The summed E-state index contributed by atoms with van der Waals surface area (Å²) in [4.78, 5) is 26.1. The number of anilines is 1. The van der Waals surface area contributed by atoms with Gasteiger partial charge in [0.15, 0.2) is 6.10 Å². The Morgan fingerprint density at radius 3 is 2.27 bits per heavy atom. The zero-order valence-corrected chi connectivity index (χ0v) is 33.3. The van der Waals surface area contributed by atoms with Gasteiger partial charge in [0.05, 0.1) is 17.0 Å². The number of hydrogen-bond donors (Lipinski definition) is 1. The van der Waals surface area contributed by atoms with Gasteiger partial charge in [-0.2, -0.15) is 0 Å². The van der Waals surface area contributed by atoms with E-state index >= 15 is 0 Å². The molecule has 0 bridgehead atoms. The number of fused-ring (bicyclic) bond motifs is 1. The highest BCUT2D eigenvalue weighted by atomic mass is 35.5. The number of nitrogens with zero attached hydrogens (tertiary/aromatic N) is 4. The smallest absolute Gasteiger partial charge is 0.337 e. The van der Waals surface area contributed by atoms with Crippen LogP contribution in [0.5, 0.6) is 0 Å². The molecule has 1 aliphatic carbocycles. The lowest BCUT2D eigenvalue weighted by atomic mass is 9.81. The zero-order chi connectivity index (χ0) is 37.0. The van der Waals surface area contributed by atoms with Crippen LogP contribution >= 0.6 is 11.6 Å². The lowest BCUT2D eigenvalue weighted by molar-refractivity contribution is -0.160. The Morgan fingerprint density at radius 1 is 0.923 bits per heavy atom. The van der Waals surface area contributed by atoms with E-state index in [1.54, 1.807) is 0 Å². The first-order valence-corrected chi connectivity index (χ1v) is 20.0. The fraction of sp³-hybridized carbons (Fsp3) is 0.591. The van der Waals surface area contributed by atoms with Gasteiger partial charge in [-0.1, -0.05) is 55.8 Å². The Kier molecular flexibility index (Phi) is 10.3. The Morgan fingerprint density at radius 2 is 1.63 bits per heavy atom. The molecule has 1 spiro atoms. The Labute approximate surface area is 316 Å². The minimum Gasteiger partial charge on any atom is -0.479 e. The van der Waals surface area contributed by atoms with Crippen molar-refractivity contribution < 1.29 is 14.6 Å². The van der Waals surface area contributed by atoms with Crippen LogP contribution in [-0.4, -0.2) is 64.2 Å². The second kappa shape index (κ2) is 14.4. The zero-order valence-electron chi connectivity index (χ0n) is 32.6. The summed E-state index contributed by atoms with van der Waals surface area (Å²) in [7, 11) is 0. The number of aliphatic carboxylic acids is 1. The molecule has 3 aromatic rings. The van der Waals surface area contributed by atoms with Crippen LogP contribution in [0.25, 0.3) is 11.1 Å². The van der Waals surface area contributed by atoms with Crippen molar-refractivity contribution in [3.05, 3.63) is 80.6 Å². The standard InChI is InChI=1S/C44H59ClN4O3/c1-29-9-8-10-35(45)34(29)27-48-20-13-31-25-32(11-12-33(31)26-48)38-36(28-47-21-18-44(14-15-44)19-22-47)46-30(2)37(40(41(50)51)52-42(3,4)5)39(38)49-23-16-43(6,7)17-24-49/h8-12,25,40H,13-24,26-28H2,1-7H3,(H,50,51)/t40-/m0/s1. The Balaban J connectivity index is 1.33. The Bertz CT molecular complexity index is 1790. The van der Waals surface area contributed by atoms with Gasteiger partial charge >= 0.3 is 5.97 Å². The molecular weight excluding hydrogens is 668 g/mol. The molecule has 7 rings (SSSR count). The first kappa shape index (κ1) is 37.3. The van der Waals surface area contributed by atoms with E-state index in [0.717, 1.165) is 105 Å². The molecule has 3 aliphatic heterocycles. The van der Waals surface area contributed by atoms with E-state index in [9.17, 15) is 9.90 Å². The van der Waals surface area contributed by atoms with Crippen molar-refractivity contribution in [2.24, 2.45) is 10.8 Å². The third kappa shape index (κ3) is 8.08. The fourth-order valence-corrected chi connectivity index (χ4v) is 9.09. The van der Waals surface area contributed by atoms with E-state index in [0.29, 0.717) is 11.0 Å². The summed E-state index contributed by atoms with van der Waals surface area (Å²) in [5.41, 5.74) is 11.1. The topological polar surface area (TPSA) is 69.1 Å². The van der Waals surface area contributed by atoms with E-state index in [-0.39, 0.29) is 5.41 Å². The highest BCUT2D eigenvalue weighted by molar-refractivity contribution is 6.31. The van der Waals surface area contributed by atoms with Gasteiger partial charge in [-0.15, -0.1) is 0 Å². The van der Waals surface area contributed by atoms with Crippen molar-refractivity contribution >= 4 is 23.3 Å². The predicted molar refractivity (Wildman–Crippen MR) is 211 cm³/mol. The van der Waals surface area contributed by atoms with Crippen LogP contribution in [0.4, 0.5) is 5.69 Å². The number of carboxylic acids is 1. The quantitative estimate of drug-likeness (QED) is 0.236. The van der Waals surface area contributed by atoms with Crippen molar-refractivity contribution in [2.75, 3.05) is 37.6 Å². The van der Waals surface area contributed by atoms with Gasteiger partial charge < -0.3 is 14.7 Å². The number of likely N-dealkylation sites (tertiary alicyclic amines) is 1. The van der Waals surface area contributed by atoms with E-state index in [1.807, 2.05) is 39.8 Å². The summed E-state index contributed by atoms with van der Waals surface area (Å²) in [6.07, 6.45) is 7.17. The molecule has 2 saturated heterocycles. The number of hydrogen-bond acceptors (Lipinski definition) is 6. The SMILES string of the molecule is Cc1cccc(Cl)c1CN1CCc2cc(-c3c(CN4CCC5(CC4)CC5)nc(C)c([C@H](OC(C)(C)C)C(=O)O)c3N3CCC(C)(C)CC3)ccc2C1. The number of halogens is 1. The van der Waals surface area contributed by atoms with E-state index < -0.39 is 17.7 Å². The molecule has 52 heavy (non-hydrogen) atoms. The van der Waals surface area contributed by atoms with Gasteiger partial charge in [0.2, 0.25) is 0 Å². The van der Waals surface area contributed by atoms with Crippen LogP contribution in [-0.2, 0) is 35.6 Å². The lowest BCUT2D eigenvalue weighted by Crippen LogP contribution is -2.40. The molecular formula is C44H59ClN4O3. The number of aryl methyl sites for hydroxylation is 2. The number of carboxylic acid groups (broad SMARTS) is 1. The molecule has 0 unspecified atom stereocenters. The highest BCUT2D eigenvalue weighted by Gasteiger charge is 2.45. The van der Waals surface area contributed by atoms with Crippen LogP contribution in [0.2, 0.25) is 5.02 Å². The van der Waals surface area contributed by atoms with E-state index in [2.05, 4.69) is 59.7 Å². The van der Waals surface area contributed by atoms with Crippen LogP contribution in [0.1, 0.15) is 118 Å². The summed E-state index contributed by atoms with van der Waals surface area (Å²) < 4.78 is 6.43. The molecule has 2 aromatic carbocycles. The van der Waals surface area contributed by atoms with Gasteiger partial charge in [0.25, 0.3) is 0 Å². The number of aromatic nitrogens is 1. The molecule has 1 aromatic heterocycles. The molecule has 0 radical (unpaired) electrons. The van der Waals surface area contributed by atoms with Crippen LogP contribution < -0.4 is 4.90 Å². The van der Waals surface area contributed by atoms with Crippen molar-refractivity contribution in [1.82, 2.24) is 14.8 Å². The van der Waals surface area contributed by atoms with Gasteiger partial charge in [0, 0.05) is 61.1 Å². The minimum atomic E-state index is -1.13. The normalized spacial score (nSPS) is 20.9. The molecule has 3 fully saturated rings. The van der Waals surface area contributed by atoms with Gasteiger partial charge in [-0.05, 0) is 137 Å². The van der Waals surface area contributed by atoms with E-state index in [4.69, 9.17) is 21.3 Å². The average molecular weight is 727 g/mol. The first-order valence-electron chi connectivity index (χ1n) is 19.6. The molecule has 7 nitrogen and oxygen atoms in total. The molecule has 280 valence electrons. The molecule has 1 N–H and O–H groups in total. The predicted octanol–water partition coefficient (Wildman–Crippen LogP) is 9.52.